The van der Waals surface area contributed by atoms with Gasteiger partial charge in [-0.25, -0.2) is 4.79 Å². The number of rotatable bonds is 2. The molecule has 6 heteroatoms. The summed E-state index contributed by atoms with van der Waals surface area (Å²) in [4.78, 5) is 24.2. The summed E-state index contributed by atoms with van der Waals surface area (Å²) in [6.07, 6.45) is 0. The van der Waals surface area contributed by atoms with Crippen LogP contribution in [0.3, 0.4) is 0 Å². The highest BCUT2D eigenvalue weighted by atomic mass is 19.1. The molecule has 0 unspecified atom stereocenters. The van der Waals surface area contributed by atoms with Crippen LogP contribution in [0.1, 0.15) is 11.1 Å². The van der Waals surface area contributed by atoms with Crippen molar-refractivity contribution in [2.75, 3.05) is 0 Å². The molecule has 1 heterocycles. The van der Waals surface area contributed by atoms with E-state index in [1.54, 1.807) is 17.1 Å². The topological polar surface area (TPSA) is 75.1 Å². The normalized spacial score (nSPS) is 10.6. The van der Waals surface area contributed by atoms with Crippen molar-refractivity contribution in [1.82, 2.24) is 9.55 Å². The van der Waals surface area contributed by atoms with Crippen LogP contribution in [0.25, 0.3) is 0 Å². The number of benzene rings is 1. The van der Waals surface area contributed by atoms with Crippen LogP contribution in [-0.4, -0.2) is 14.7 Å². The molecular formula is C12H11FN2O3. The number of hydrogen-bond acceptors (Lipinski definition) is 3. The molecule has 5 nitrogen and oxygen atoms in total. The van der Waals surface area contributed by atoms with Crippen molar-refractivity contribution in [2.45, 2.75) is 13.5 Å². The number of hydrogen-bond donors (Lipinski definition) is 2. The number of H-pyrrole nitrogens is 1. The Hall–Kier alpha value is -2.37. The minimum absolute atomic E-state index is 0.00889. The molecular weight excluding hydrogens is 239 g/mol. The molecule has 0 aliphatic carbocycles. The van der Waals surface area contributed by atoms with E-state index < -0.39 is 22.9 Å². The summed E-state index contributed by atoms with van der Waals surface area (Å²) in [5.41, 5.74) is -0.419. The van der Waals surface area contributed by atoms with E-state index in [0.717, 1.165) is 15.7 Å². The molecule has 2 N–H and O–H groups in total. The second kappa shape index (κ2) is 4.48. The van der Waals surface area contributed by atoms with Crippen LogP contribution < -0.4 is 11.2 Å². The third kappa shape index (κ3) is 2.04. The minimum Gasteiger partial charge on any atom is -0.492 e. The van der Waals surface area contributed by atoms with Gasteiger partial charge in [-0.05, 0) is 18.1 Å². The first-order valence-electron chi connectivity index (χ1n) is 5.27. The second-order valence-electron chi connectivity index (χ2n) is 3.91. The Bertz CT molecular complexity index is 703. The number of halogens is 1. The molecule has 2 aromatic rings. The summed E-state index contributed by atoms with van der Waals surface area (Å²) in [5, 5.41) is 9.48. The average Bonchev–Trinajstić information content (AvgIpc) is 2.34. The van der Waals surface area contributed by atoms with E-state index >= 15 is 0 Å². The maximum atomic E-state index is 13.2. The number of nitrogens with one attached hydrogen (secondary N) is 1. The molecule has 0 aliphatic rings. The third-order valence-corrected chi connectivity index (χ3v) is 2.71. The zero-order chi connectivity index (χ0) is 13.3. The number of aromatic hydroxyl groups is 1. The van der Waals surface area contributed by atoms with Gasteiger partial charge in [0.05, 0.1) is 6.54 Å². The molecule has 0 atom stereocenters. The smallest absolute Gasteiger partial charge is 0.331 e. The van der Waals surface area contributed by atoms with Gasteiger partial charge in [-0.1, -0.05) is 24.3 Å². The molecule has 0 amide bonds. The molecule has 0 aliphatic heterocycles. The van der Waals surface area contributed by atoms with Crippen LogP contribution in [0.4, 0.5) is 4.39 Å². The van der Waals surface area contributed by atoms with Gasteiger partial charge in [-0.3, -0.25) is 14.3 Å². The van der Waals surface area contributed by atoms with Crippen molar-refractivity contribution in [1.29, 1.82) is 0 Å². The fourth-order valence-electron chi connectivity index (χ4n) is 1.64. The number of aromatic amines is 1. The Labute approximate surface area is 101 Å². The van der Waals surface area contributed by atoms with E-state index in [9.17, 15) is 19.1 Å². The van der Waals surface area contributed by atoms with Gasteiger partial charge in [0.15, 0.2) is 0 Å². The number of aryl methyl sites for hydroxylation is 1. The molecule has 2 rings (SSSR count). The molecule has 18 heavy (non-hydrogen) atoms. The predicted octanol–water partition coefficient (Wildman–Crippen LogP) is 0.738. The van der Waals surface area contributed by atoms with Crippen molar-refractivity contribution < 1.29 is 9.50 Å². The lowest BCUT2D eigenvalue weighted by atomic mass is 10.1. The van der Waals surface area contributed by atoms with Gasteiger partial charge in [-0.15, -0.1) is 0 Å². The fourth-order valence-corrected chi connectivity index (χ4v) is 1.64. The van der Waals surface area contributed by atoms with Gasteiger partial charge in [0.2, 0.25) is 11.7 Å². The average molecular weight is 250 g/mol. The van der Waals surface area contributed by atoms with E-state index in [-0.39, 0.29) is 6.54 Å². The molecule has 94 valence electrons. The first-order chi connectivity index (χ1) is 8.50. The van der Waals surface area contributed by atoms with Crippen LogP contribution in [-0.2, 0) is 6.54 Å². The number of nitrogens with zero attached hydrogens (tertiary/aromatic N) is 1. The molecule has 0 spiro atoms. The van der Waals surface area contributed by atoms with E-state index in [1.807, 2.05) is 19.1 Å². The molecule has 0 fully saturated rings. The molecule has 0 saturated carbocycles. The summed E-state index contributed by atoms with van der Waals surface area (Å²) >= 11 is 0. The minimum atomic E-state index is -1.36. The highest BCUT2D eigenvalue weighted by Gasteiger charge is 2.14. The fraction of sp³-hybridized carbons (Fsp3) is 0.167. The van der Waals surface area contributed by atoms with Crippen LogP contribution in [0.5, 0.6) is 5.88 Å². The van der Waals surface area contributed by atoms with Crippen molar-refractivity contribution in [3.8, 4) is 5.88 Å². The standard InChI is InChI=1S/C12H11FN2O3/c1-7-4-2-3-5-8(7)6-15-11(17)9(13)10(16)14-12(15)18/h2-5,17H,6H2,1H3,(H,14,16,18). The first kappa shape index (κ1) is 12.1. The largest absolute Gasteiger partial charge is 0.492 e. The zero-order valence-corrected chi connectivity index (χ0v) is 9.61. The van der Waals surface area contributed by atoms with E-state index in [2.05, 4.69) is 0 Å². The van der Waals surface area contributed by atoms with Gasteiger partial charge in [0.25, 0.3) is 5.56 Å². The van der Waals surface area contributed by atoms with Gasteiger partial charge < -0.3 is 5.11 Å². The van der Waals surface area contributed by atoms with Gasteiger partial charge >= 0.3 is 5.69 Å². The van der Waals surface area contributed by atoms with E-state index in [4.69, 9.17) is 0 Å². The summed E-state index contributed by atoms with van der Waals surface area (Å²) in [7, 11) is 0. The van der Waals surface area contributed by atoms with Gasteiger partial charge in [0.1, 0.15) is 0 Å². The summed E-state index contributed by atoms with van der Waals surface area (Å²) < 4.78 is 14.0. The molecule has 0 saturated heterocycles. The van der Waals surface area contributed by atoms with Gasteiger partial charge in [-0.2, -0.15) is 4.39 Å². The quantitative estimate of drug-likeness (QED) is 0.825. The number of aromatic nitrogens is 2. The third-order valence-electron chi connectivity index (χ3n) is 2.71. The van der Waals surface area contributed by atoms with Crippen molar-refractivity contribution in [3.05, 3.63) is 62.0 Å². The molecule has 0 radical (unpaired) electrons. The Morgan fingerprint density at radius 2 is 2.00 bits per heavy atom. The summed E-state index contributed by atoms with van der Waals surface area (Å²) in [6.45, 7) is 1.82. The monoisotopic (exact) mass is 250 g/mol. The lowest BCUT2D eigenvalue weighted by Gasteiger charge is -2.10. The summed E-state index contributed by atoms with van der Waals surface area (Å²) in [5.74, 6) is -2.31. The van der Waals surface area contributed by atoms with Crippen molar-refractivity contribution in [3.63, 3.8) is 0 Å². The Morgan fingerprint density at radius 3 is 2.67 bits per heavy atom. The Kier molecular flexibility index (Phi) is 3.01. The lowest BCUT2D eigenvalue weighted by molar-refractivity contribution is 0.367. The van der Waals surface area contributed by atoms with Crippen LogP contribution in [0.15, 0.2) is 33.9 Å². The van der Waals surface area contributed by atoms with E-state index in [1.165, 1.54) is 0 Å². The Morgan fingerprint density at radius 1 is 1.33 bits per heavy atom. The van der Waals surface area contributed by atoms with Crippen molar-refractivity contribution in [2.24, 2.45) is 0 Å². The Balaban J connectivity index is 2.55. The SMILES string of the molecule is Cc1ccccc1Cn1c(O)c(F)c(=O)[nH]c1=O. The molecule has 0 bridgehead atoms. The highest BCUT2D eigenvalue weighted by Crippen LogP contribution is 2.13. The second-order valence-corrected chi connectivity index (χ2v) is 3.91. The first-order valence-corrected chi connectivity index (χ1v) is 5.27. The van der Waals surface area contributed by atoms with Gasteiger partial charge in [0, 0.05) is 0 Å². The zero-order valence-electron chi connectivity index (χ0n) is 9.61. The van der Waals surface area contributed by atoms with Crippen molar-refractivity contribution >= 4 is 0 Å². The summed E-state index contributed by atoms with van der Waals surface area (Å²) in [6, 6.07) is 7.19. The maximum Gasteiger partial charge on any atom is 0.331 e. The van der Waals surface area contributed by atoms with Crippen LogP contribution in [0, 0.1) is 12.7 Å². The predicted molar refractivity (Wildman–Crippen MR) is 63.2 cm³/mol. The highest BCUT2D eigenvalue weighted by molar-refractivity contribution is 5.26. The van der Waals surface area contributed by atoms with Crippen LogP contribution in [0.2, 0.25) is 0 Å². The molecule has 1 aromatic carbocycles. The molecule has 1 aromatic heterocycles. The van der Waals surface area contributed by atoms with Crippen LogP contribution >= 0.6 is 0 Å². The maximum absolute atomic E-state index is 13.2. The van der Waals surface area contributed by atoms with E-state index in [0.29, 0.717) is 0 Å². The lowest BCUT2D eigenvalue weighted by Crippen LogP contribution is -2.32.